The molecule has 0 aliphatic heterocycles. The lowest BCUT2D eigenvalue weighted by molar-refractivity contribution is -0.120. The highest BCUT2D eigenvalue weighted by atomic mass is 79.9. The zero-order valence-corrected chi connectivity index (χ0v) is 17.9. The molecule has 3 amide bonds. The summed E-state index contributed by atoms with van der Waals surface area (Å²) in [6, 6.07) is 13.8. The predicted molar refractivity (Wildman–Crippen MR) is 118 cm³/mol. The van der Waals surface area contributed by atoms with Crippen LogP contribution in [0.2, 0.25) is 5.02 Å². The Kier molecular flexibility index (Phi) is 7.28. The number of hydrogen-bond acceptors (Lipinski definition) is 6. The van der Waals surface area contributed by atoms with Gasteiger partial charge in [0.05, 0.1) is 12.6 Å². The molecule has 0 radical (unpaired) electrons. The first kappa shape index (κ1) is 20.9. The van der Waals surface area contributed by atoms with Crippen molar-refractivity contribution in [3.05, 3.63) is 68.6 Å². The first-order valence-electron chi connectivity index (χ1n) is 8.22. The molecule has 0 fully saturated rings. The highest BCUT2D eigenvalue weighted by Crippen LogP contribution is 2.17. The molecule has 0 saturated carbocycles. The lowest BCUT2D eigenvalue weighted by Crippen LogP contribution is -2.19. The van der Waals surface area contributed by atoms with E-state index in [1.807, 2.05) is 18.2 Å². The predicted octanol–water partition coefficient (Wildman–Crippen LogP) is 4.29. The van der Waals surface area contributed by atoms with E-state index in [1.165, 1.54) is 6.21 Å². The summed E-state index contributed by atoms with van der Waals surface area (Å²) in [6.45, 7) is 0. The average molecular weight is 494 g/mol. The molecule has 0 aliphatic rings. The molecule has 8 nitrogen and oxygen atoms in total. The molecule has 3 aromatic rings. The molecule has 11 heteroatoms. The van der Waals surface area contributed by atoms with Gasteiger partial charge < -0.3 is 5.32 Å². The van der Waals surface area contributed by atoms with Gasteiger partial charge in [0.2, 0.25) is 11.0 Å². The van der Waals surface area contributed by atoms with Gasteiger partial charge in [-0.05, 0) is 30.3 Å². The van der Waals surface area contributed by atoms with Gasteiger partial charge in [-0.25, -0.2) is 10.2 Å². The second kappa shape index (κ2) is 10.1. The molecule has 3 rings (SSSR count). The molecule has 0 aliphatic carbocycles. The van der Waals surface area contributed by atoms with Crippen molar-refractivity contribution in [2.45, 2.75) is 6.42 Å². The maximum Gasteiger partial charge on any atom is 0.325 e. The van der Waals surface area contributed by atoms with Gasteiger partial charge in [0.25, 0.3) is 0 Å². The maximum absolute atomic E-state index is 12.0. The molecule has 0 spiro atoms. The number of nitrogens with zero attached hydrogens (tertiary/aromatic N) is 3. The van der Waals surface area contributed by atoms with E-state index in [-0.39, 0.29) is 17.5 Å². The molecule has 0 unspecified atom stereocenters. The van der Waals surface area contributed by atoms with Crippen molar-refractivity contribution in [3.8, 4) is 0 Å². The Labute approximate surface area is 183 Å². The van der Waals surface area contributed by atoms with Crippen LogP contribution < -0.4 is 16.1 Å². The number of anilines is 2. The van der Waals surface area contributed by atoms with Crippen LogP contribution in [0.1, 0.15) is 10.6 Å². The SMILES string of the molecule is O=C(Cc1nnc(NC(=O)Nc2ccc(Br)cc2)s1)N/N=C\c1ccccc1Cl. The third-order valence-electron chi connectivity index (χ3n) is 3.40. The summed E-state index contributed by atoms with van der Waals surface area (Å²) >= 11 is 10.4. The van der Waals surface area contributed by atoms with E-state index in [2.05, 4.69) is 47.3 Å². The van der Waals surface area contributed by atoms with Crippen LogP contribution in [0.15, 0.2) is 58.1 Å². The van der Waals surface area contributed by atoms with Gasteiger partial charge >= 0.3 is 6.03 Å². The fourth-order valence-electron chi connectivity index (χ4n) is 2.10. The summed E-state index contributed by atoms with van der Waals surface area (Å²) in [5.74, 6) is -0.365. The molecule has 1 aromatic heterocycles. The van der Waals surface area contributed by atoms with Gasteiger partial charge in [-0.1, -0.05) is 57.1 Å². The van der Waals surface area contributed by atoms with E-state index in [9.17, 15) is 9.59 Å². The van der Waals surface area contributed by atoms with Gasteiger partial charge in [-0.15, -0.1) is 10.2 Å². The number of urea groups is 1. The van der Waals surface area contributed by atoms with Crippen LogP contribution in [-0.4, -0.2) is 28.4 Å². The molecule has 0 saturated heterocycles. The van der Waals surface area contributed by atoms with Crippen LogP contribution in [0.4, 0.5) is 15.6 Å². The van der Waals surface area contributed by atoms with Gasteiger partial charge in [-0.3, -0.25) is 10.1 Å². The summed E-state index contributed by atoms with van der Waals surface area (Å²) in [4.78, 5) is 24.0. The van der Waals surface area contributed by atoms with Crippen LogP contribution in [0.5, 0.6) is 0 Å². The monoisotopic (exact) mass is 492 g/mol. The van der Waals surface area contributed by atoms with Crippen molar-refractivity contribution in [1.29, 1.82) is 0 Å². The van der Waals surface area contributed by atoms with Crippen LogP contribution in [0, 0.1) is 0 Å². The first-order valence-corrected chi connectivity index (χ1v) is 10.2. The quantitative estimate of drug-likeness (QED) is 0.351. The normalized spacial score (nSPS) is 10.7. The number of hydrazone groups is 1. The smallest absolute Gasteiger partial charge is 0.308 e. The van der Waals surface area contributed by atoms with Crippen molar-refractivity contribution in [1.82, 2.24) is 15.6 Å². The van der Waals surface area contributed by atoms with Gasteiger partial charge in [0.15, 0.2) is 0 Å². The average Bonchev–Trinajstić information content (AvgIpc) is 3.11. The van der Waals surface area contributed by atoms with E-state index in [0.29, 0.717) is 21.3 Å². The number of benzene rings is 2. The van der Waals surface area contributed by atoms with E-state index >= 15 is 0 Å². The number of carbonyl (C=O) groups excluding carboxylic acids is 2. The highest BCUT2D eigenvalue weighted by molar-refractivity contribution is 9.10. The zero-order chi connectivity index (χ0) is 20.6. The molecule has 148 valence electrons. The van der Waals surface area contributed by atoms with Crippen molar-refractivity contribution >= 4 is 67.8 Å². The second-order valence-corrected chi connectivity index (χ2v) is 7.96. The number of hydrogen-bond donors (Lipinski definition) is 3. The van der Waals surface area contributed by atoms with Gasteiger partial charge in [0, 0.05) is 20.7 Å². The van der Waals surface area contributed by atoms with E-state index in [0.717, 1.165) is 15.8 Å². The largest absolute Gasteiger partial charge is 0.325 e. The van der Waals surface area contributed by atoms with Crippen LogP contribution >= 0.6 is 38.9 Å². The number of aromatic nitrogens is 2. The van der Waals surface area contributed by atoms with Crippen LogP contribution in [0.25, 0.3) is 0 Å². The lowest BCUT2D eigenvalue weighted by atomic mass is 10.2. The number of halogens is 2. The van der Waals surface area contributed by atoms with Crippen LogP contribution in [-0.2, 0) is 11.2 Å². The number of rotatable bonds is 6. The van der Waals surface area contributed by atoms with E-state index in [4.69, 9.17) is 11.6 Å². The maximum atomic E-state index is 12.0. The minimum atomic E-state index is -0.455. The van der Waals surface area contributed by atoms with Crippen molar-refractivity contribution in [3.63, 3.8) is 0 Å². The second-order valence-electron chi connectivity index (χ2n) is 5.58. The Morgan fingerprint density at radius 3 is 2.62 bits per heavy atom. The number of nitrogens with one attached hydrogen (secondary N) is 3. The summed E-state index contributed by atoms with van der Waals surface area (Å²) in [6.07, 6.45) is 1.44. The molecular formula is C18H14BrClN6O2S. The number of amides is 3. The minimum Gasteiger partial charge on any atom is -0.308 e. The van der Waals surface area contributed by atoms with Crippen molar-refractivity contribution < 1.29 is 9.59 Å². The number of carbonyl (C=O) groups is 2. The topological polar surface area (TPSA) is 108 Å². The molecule has 3 N–H and O–H groups in total. The van der Waals surface area contributed by atoms with Gasteiger partial charge in [-0.2, -0.15) is 5.10 Å². The van der Waals surface area contributed by atoms with Gasteiger partial charge in [0.1, 0.15) is 5.01 Å². The summed E-state index contributed by atoms with van der Waals surface area (Å²) in [5, 5.41) is 18.1. The van der Waals surface area contributed by atoms with E-state index < -0.39 is 6.03 Å². The molecule has 2 aromatic carbocycles. The Bertz CT molecular complexity index is 1040. The van der Waals surface area contributed by atoms with E-state index in [1.54, 1.807) is 30.3 Å². The summed E-state index contributed by atoms with van der Waals surface area (Å²) < 4.78 is 0.909. The summed E-state index contributed by atoms with van der Waals surface area (Å²) in [7, 11) is 0. The Balaban J connectivity index is 1.48. The third-order valence-corrected chi connectivity index (χ3v) is 5.11. The Morgan fingerprint density at radius 1 is 1.10 bits per heavy atom. The third kappa shape index (κ3) is 6.63. The summed E-state index contributed by atoms with van der Waals surface area (Å²) in [5.41, 5.74) is 3.72. The minimum absolute atomic E-state index is 0.0203. The fourth-order valence-corrected chi connectivity index (χ4v) is 3.28. The molecule has 1 heterocycles. The molecule has 0 atom stereocenters. The lowest BCUT2D eigenvalue weighted by Gasteiger charge is -2.04. The fraction of sp³-hybridized carbons (Fsp3) is 0.0556. The molecule has 29 heavy (non-hydrogen) atoms. The zero-order valence-electron chi connectivity index (χ0n) is 14.7. The molecular weight excluding hydrogens is 480 g/mol. The first-order chi connectivity index (χ1) is 14.0. The van der Waals surface area contributed by atoms with Crippen LogP contribution in [0.3, 0.4) is 0 Å². The van der Waals surface area contributed by atoms with Crippen molar-refractivity contribution in [2.75, 3.05) is 10.6 Å². The Hall–Kier alpha value is -2.82. The molecule has 0 bridgehead atoms. The highest BCUT2D eigenvalue weighted by Gasteiger charge is 2.11. The Morgan fingerprint density at radius 2 is 1.86 bits per heavy atom. The van der Waals surface area contributed by atoms with Crippen molar-refractivity contribution in [2.24, 2.45) is 5.10 Å². The standard InChI is InChI=1S/C18H14BrClN6O2S/c19-12-5-7-13(8-6-12)22-17(28)23-18-26-25-16(29-18)9-15(27)24-21-10-11-3-1-2-4-14(11)20/h1-8,10H,9H2,(H,24,27)(H2,22,23,26,28)/b21-10-.